The first kappa shape index (κ1) is 23.8. The van der Waals surface area contributed by atoms with Crippen molar-refractivity contribution in [2.24, 2.45) is 11.8 Å². The van der Waals surface area contributed by atoms with E-state index in [1.165, 1.54) is 12.1 Å². The number of fused-ring (bicyclic) bond motifs is 3. The second-order valence-corrected chi connectivity index (χ2v) is 9.46. The van der Waals surface area contributed by atoms with E-state index in [1.54, 1.807) is 0 Å². The number of nitrogens with one attached hydrogen (secondary N) is 2. The SMILES string of the molecule is CN(C)CCNC(=O)C[C@H]1CC[C@@H]2[C@H](O1)c1cc(C(F)(F)F)ccc1N[C@H]2C1C=CC=CC1. The summed E-state index contributed by atoms with van der Waals surface area (Å²) >= 11 is 0. The first-order chi connectivity index (χ1) is 15.7. The number of hydrogen-bond donors (Lipinski definition) is 2. The predicted molar refractivity (Wildman–Crippen MR) is 122 cm³/mol. The molecule has 1 aromatic rings. The van der Waals surface area contributed by atoms with Gasteiger partial charge in [-0.2, -0.15) is 13.2 Å². The summed E-state index contributed by atoms with van der Waals surface area (Å²) in [5.74, 6) is 0.193. The molecule has 33 heavy (non-hydrogen) atoms. The van der Waals surface area contributed by atoms with Gasteiger partial charge in [-0.3, -0.25) is 4.79 Å². The van der Waals surface area contributed by atoms with Gasteiger partial charge in [0.2, 0.25) is 5.91 Å². The summed E-state index contributed by atoms with van der Waals surface area (Å²) in [7, 11) is 3.88. The molecule has 1 saturated heterocycles. The number of halogens is 3. The van der Waals surface area contributed by atoms with Crippen LogP contribution in [0.15, 0.2) is 42.5 Å². The highest BCUT2D eigenvalue weighted by Gasteiger charge is 2.45. The quantitative estimate of drug-likeness (QED) is 0.651. The Labute approximate surface area is 193 Å². The number of amides is 1. The zero-order chi connectivity index (χ0) is 23.6. The molecule has 1 aliphatic carbocycles. The Morgan fingerprint density at radius 2 is 2.06 bits per heavy atom. The third-order valence-corrected chi connectivity index (χ3v) is 6.79. The lowest BCUT2D eigenvalue weighted by atomic mass is 9.72. The average Bonchev–Trinajstić information content (AvgIpc) is 2.78. The van der Waals surface area contributed by atoms with Gasteiger partial charge in [-0.25, -0.2) is 0 Å². The van der Waals surface area contributed by atoms with Crippen molar-refractivity contribution < 1.29 is 22.7 Å². The summed E-state index contributed by atoms with van der Waals surface area (Å²) in [6.45, 7) is 1.29. The lowest BCUT2D eigenvalue weighted by Crippen LogP contribution is -2.47. The second kappa shape index (κ2) is 9.89. The smallest absolute Gasteiger partial charge is 0.381 e. The maximum atomic E-state index is 13.4. The van der Waals surface area contributed by atoms with Crippen molar-refractivity contribution in [1.29, 1.82) is 0 Å². The van der Waals surface area contributed by atoms with Crippen LogP contribution in [0, 0.1) is 11.8 Å². The highest BCUT2D eigenvalue weighted by molar-refractivity contribution is 5.76. The van der Waals surface area contributed by atoms with E-state index < -0.39 is 17.8 Å². The van der Waals surface area contributed by atoms with Gasteiger partial charge in [-0.05, 0) is 51.6 Å². The molecule has 0 radical (unpaired) electrons. The van der Waals surface area contributed by atoms with Gasteiger partial charge in [0.05, 0.1) is 24.2 Å². The molecular formula is C25H32F3N3O2. The third kappa shape index (κ3) is 5.61. The largest absolute Gasteiger partial charge is 0.416 e. The number of carbonyl (C=O) groups is 1. The molecule has 1 unspecified atom stereocenters. The van der Waals surface area contributed by atoms with E-state index >= 15 is 0 Å². The Kier molecular flexibility index (Phi) is 7.14. The third-order valence-electron chi connectivity index (χ3n) is 6.79. The van der Waals surface area contributed by atoms with Gasteiger partial charge in [-0.15, -0.1) is 0 Å². The molecule has 1 fully saturated rings. The van der Waals surface area contributed by atoms with Crippen LogP contribution in [0.4, 0.5) is 18.9 Å². The van der Waals surface area contributed by atoms with Crippen LogP contribution in [0.3, 0.4) is 0 Å². The van der Waals surface area contributed by atoms with Gasteiger partial charge in [0, 0.05) is 42.2 Å². The van der Waals surface area contributed by atoms with Crippen LogP contribution in [-0.4, -0.2) is 50.1 Å². The van der Waals surface area contributed by atoms with Gasteiger partial charge in [0.15, 0.2) is 0 Å². The molecule has 1 aromatic carbocycles. The molecule has 5 atom stereocenters. The van der Waals surface area contributed by atoms with Crippen molar-refractivity contribution in [2.75, 3.05) is 32.5 Å². The lowest BCUT2D eigenvalue weighted by Gasteiger charge is -2.47. The minimum atomic E-state index is -4.42. The van der Waals surface area contributed by atoms with Gasteiger partial charge in [0.1, 0.15) is 0 Å². The van der Waals surface area contributed by atoms with Gasteiger partial charge in [0.25, 0.3) is 0 Å². The molecule has 0 bridgehead atoms. The normalized spacial score (nSPS) is 28.7. The zero-order valence-electron chi connectivity index (χ0n) is 19.1. The topological polar surface area (TPSA) is 53.6 Å². The fraction of sp³-hybridized carbons (Fsp3) is 0.560. The van der Waals surface area contributed by atoms with Crippen LogP contribution in [-0.2, 0) is 15.7 Å². The van der Waals surface area contributed by atoms with Crippen molar-refractivity contribution in [3.63, 3.8) is 0 Å². The fourth-order valence-corrected chi connectivity index (χ4v) is 5.11. The summed E-state index contributed by atoms with van der Waals surface area (Å²) < 4.78 is 46.7. The molecule has 0 aromatic heterocycles. The van der Waals surface area contributed by atoms with Crippen molar-refractivity contribution in [1.82, 2.24) is 10.2 Å². The number of hydrogen-bond acceptors (Lipinski definition) is 4. The number of likely N-dealkylation sites (N-methyl/N-ethyl adjacent to an activating group) is 1. The van der Waals surface area contributed by atoms with E-state index in [4.69, 9.17) is 4.74 Å². The van der Waals surface area contributed by atoms with Crippen molar-refractivity contribution >= 4 is 11.6 Å². The van der Waals surface area contributed by atoms with Crippen LogP contribution in [0.25, 0.3) is 0 Å². The number of rotatable bonds is 6. The van der Waals surface area contributed by atoms with Gasteiger partial charge < -0.3 is 20.3 Å². The summed E-state index contributed by atoms with van der Waals surface area (Å²) in [5, 5.41) is 6.43. The summed E-state index contributed by atoms with van der Waals surface area (Å²) in [5.41, 5.74) is 0.556. The lowest BCUT2D eigenvalue weighted by molar-refractivity contribution is -0.138. The van der Waals surface area contributed by atoms with E-state index in [2.05, 4.69) is 22.8 Å². The molecule has 8 heteroatoms. The number of carbonyl (C=O) groups excluding carboxylic acids is 1. The number of allylic oxidation sites excluding steroid dienone is 3. The van der Waals surface area contributed by atoms with E-state index in [0.29, 0.717) is 24.2 Å². The number of benzene rings is 1. The standard InChI is InChI=1S/C25H32F3N3O2/c1-31(2)13-12-29-22(32)15-18-9-10-19-23(16-6-4-3-5-7-16)30-21-11-8-17(25(26,27)28)14-20(21)24(19)33-18/h3-6,8,11,14,16,18-19,23-24,30H,7,9-10,12-13,15H2,1-2H3,(H,29,32)/t16?,18-,19+,23+,24+/m1/s1. The van der Waals surface area contributed by atoms with Gasteiger partial charge >= 0.3 is 6.18 Å². The molecule has 180 valence electrons. The fourth-order valence-electron chi connectivity index (χ4n) is 5.11. The molecule has 4 rings (SSSR count). The Balaban J connectivity index is 1.54. The van der Waals surface area contributed by atoms with Crippen LogP contribution >= 0.6 is 0 Å². The summed E-state index contributed by atoms with van der Waals surface area (Å²) in [6, 6.07) is 3.92. The van der Waals surface area contributed by atoms with Crippen LogP contribution < -0.4 is 10.6 Å². The molecule has 3 aliphatic rings. The van der Waals surface area contributed by atoms with E-state index in [9.17, 15) is 18.0 Å². The monoisotopic (exact) mass is 463 g/mol. The number of ether oxygens (including phenoxy) is 1. The first-order valence-corrected chi connectivity index (χ1v) is 11.6. The molecule has 2 heterocycles. The number of nitrogens with zero attached hydrogens (tertiary/aromatic N) is 1. The molecule has 0 saturated carbocycles. The van der Waals surface area contributed by atoms with Gasteiger partial charge in [-0.1, -0.05) is 24.3 Å². The van der Waals surface area contributed by atoms with Crippen molar-refractivity contribution in [3.8, 4) is 0 Å². The van der Waals surface area contributed by atoms with Crippen molar-refractivity contribution in [3.05, 3.63) is 53.6 Å². The molecular weight excluding hydrogens is 431 g/mol. The van der Waals surface area contributed by atoms with Crippen LogP contribution in [0.1, 0.15) is 42.9 Å². The summed E-state index contributed by atoms with van der Waals surface area (Å²) in [6.07, 6.45) is 5.72. The van der Waals surface area contributed by atoms with E-state index in [1.807, 2.05) is 31.1 Å². The molecule has 0 spiro atoms. The highest BCUT2D eigenvalue weighted by atomic mass is 19.4. The first-order valence-electron chi connectivity index (χ1n) is 11.6. The minimum absolute atomic E-state index is 0.0372. The Bertz CT molecular complexity index is 913. The Hall–Kier alpha value is -2.32. The van der Waals surface area contributed by atoms with E-state index in [-0.39, 0.29) is 36.3 Å². The maximum absolute atomic E-state index is 13.4. The number of alkyl halides is 3. The molecule has 5 nitrogen and oxygen atoms in total. The predicted octanol–water partition coefficient (Wildman–Crippen LogP) is 4.54. The highest BCUT2D eigenvalue weighted by Crippen LogP contribution is 2.49. The Morgan fingerprint density at radius 3 is 2.76 bits per heavy atom. The van der Waals surface area contributed by atoms with Crippen molar-refractivity contribution in [2.45, 2.75) is 50.1 Å². The molecule has 2 N–H and O–H groups in total. The second-order valence-electron chi connectivity index (χ2n) is 9.46. The zero-order valence-corrected chi connectivity index (χ0v) is 19.1. The number of anilines is 1. The van der Waals surface area contributed by atoms with E-state index in [0.717, 1.165) is 25.5 Å². The summed E-state index contributed by atoms with van der Waals surface area (Å²) in [4.78, 5) is 14.4. The minimum Gasteiger partial charge on any atom is -0.381 e. The van der Waals surface area contributed by atoms with Crippen LogP contribution in [0.2, 0.25) is 0 Å². The van der Waals surface area contributed by atoms with Crippen LogP contribution in [0.5, 0.6) is 0 Å². The molecule has 2 aliphatic heterocycles. The molecule has 1 amide bonds. The average molecular weight is 464 g/mol. The maximum Gasteiger partial charge on any atom is 0.416 e. The Morgan fingerprint density at radius 1 is 1.24 bits per heavy atom.